The minimum Gasteiger partial charge on any atom is -0.493 e. The molecule has 2 aromatic rings. The van der Waals surface area contributed by atoms with Crippen molar-refractivity contribution in [3.05, 3.63) is 53.1 Å². The molecule has 244 valence electrons. The summed E-state index contributed by atoms with van der Waals surface area (Å²) in [5.74, 6) is 0.358. The topological polar surface area (TPSA) is 133 Å². The van der Waals surface area contributed by atoms with Crippen LogP contribution in [0.25, 0.3) is 0 Å². The largest absolute Gasteiger partial charge is 0.493 e. The summed E-state index contributed by atoms with van der Waals surface area (Å²) in [5.41, 5.74) is -0.189. The third-order valence-electron chi connectivity index (χ3n) is 7.88. The molecule has 0 aromatic heterocycles. The lowest BCUT2D eigenvalue weighted by molar-refractivity contribution is -0.156. The number of carbonyl (C=O) groups excluding carboxylic acids is 4. The molecule has 1 atom stereocenters. The van der Waals surface area contributed by atoms with Crippen molar-refractivity contribution in [2.45, 2.75) is 45.4 Å². The molecule has 3 amide bonds. The minimum atomic E-state index is -0.985. The molecular formula is C33H42ClN3O8. The minimum absolute atomic E-state index is 0.113. The van der Waals surface area contributed by atoms with E-state index in [4.69, 9.17) is 30.5 Å². The van der Waals surface area contributed by atoms with Crippen LogP contribution in [-0.2, 0) is 30.3 Å². The smallest absolute Gasteiger partial charge is 0.314 e. The first kappa shape index (κ1) is 33.9. The predicted molar refractivity (Wildman–Crippen MR) is 167 cm³/mol. The van der Waals surface area contributed by atoms with Gasteiger partial charge in [0, 0.05) is 37.6 Å². The van der Waals surface area contributed by atoms with E-state index in [0.717, 1.165) is 18.4 Å². The van der Waals surface area contributed by atoms with Crippen LogP contribution < -0.4 is 24.8 Å². The first-order valence-corrected chi connectivity index (χ1v) is 15.8. The number of amides is 3. The fourth-order valence-corrected chi connectivity index (χ4v) is 5.57. The Kier molecular flexibility index (Phi) is 12.3. The number of nitrogens with one attached hydrogen (secondary N) is 2. The van der Waals surface area contributed by atoms with Crippen molar-refractivity contribution in [1.82, 2.24) is 15.5 Å². The standard InChI is InChI=1S/C33H42ClN3O8/c1-3-43-32(41)33(18-23-9-10-23)19-24-11-12-27(42-2)28(16-24)45-20-30(39)35-13-15-37(14-5-8-29(38)36-22-33)31(40)21-44-26-7-4-6-25(34)17-26/h4,6-7,11-12,16-17,23H,3,5,8-10,13-15,18-22H2,1-2H3,(H,35,39)(H,36,38). The fraction of sp³-hybridized carbons (Fsp3) is 0.515. The molecule has 0 spiro atoms. The lowest BCUT2D eigenvalue weighted by Crippen LogP contribution is -2.46. The van der Waals surface area contributed by atoms with Gasteiger partial charge in [0.15, 0.2) is 24.7 Å². The lowest BCUT2D eigenvalue weighted by Gasteiger charge is -2.32. The number of carbonyl (C=O) groups is 4. The second kappa shape index (κ2) is 16.4. The quantitative estimate of drug-likeness (QED) is 0.418. The molecule has 1 unspecified atom stereocenters. The summed E-state index contributed by atoms with van der Waals surface area (Å²) in [5, 5.41) is 6.26. The number of rotatable bonds is 8. The van der Waals surface area contributed by atoms with Gasteiger partial charge < -0.3 is 34.5 Å². The number of halogens is 1. The van der Waals surface area contributed by atoms with Crippen molar-refractivity contribution in [3.8, 4) is 17.2 Å². The molecule has 1 fully saturated rings. The number of esters is 1. The van der Waals surface area contributed by atoms with Gasteiger partial charge >= 0.3 is 5.97 Å². The highest BCUT2D eigenvalue weighted by Gasteiger charge is 2.44. The molecule has 2 aromatic carbocycles. The zero-order valence-electron chi connectivity index (χ0n) is 25.9. The van der Waals surface area contributed by atoms with E-state index in [-0.39, 0.29) is 76.1 Å². The van der Waals surface area contributed by atoms with Gasteiger partial charge in [0.05, 0.1) is 19.1 Å². The van der Waals surface area contributed by atoms with Gasteiger partial charge in [-0.05, 0) is 68.0 Å². The number of nitrogens with zero attached hydrogens (tertiary/aromatic N) is 1. The third kappa shape index (κ3) is 10.3. The van der Waals surface area contributed by atoms with Gasteiger partial charge in [-0.2, -0.15) is 0 Å². The number of hydrogen-bond acceptors (Lipinski definition) is 8. The van der Waals surface area contributed by atoms with E-state index in [2.05, 4.69) is 10.6 Å². The van der Waals surface area contributed by atoms with Crippen molar-refractivity contribution in [2.24, 2.45) is 11.3 Å². The van der Waals surface area contributed by atoms with E-state index in [1.165, 1.54) is 7.11 Å². The summed E-state index contributed by atoms with van der Waals surface area (Å²) < 4.78 is 22.5. The van der Waals surface area contributed by atoms with Gasteiger partial charge in [-0.15, -0.1) is 0 Å². The molecule has 2 N–H and O–H groups in total. The Morgan fingerprint density at radius 2 is 1.91 bits per heavy atom. The Labute approximate surface area is 268 Å². The van der Waals surface area contributed by atoms with Crippen LogP contribution in [0.3, 0.4) is 0 Å². The highest BCUT2D eigenvalue weighted by Crippen LogP contribution is 2.43. The van der Waals surface area contributed by atoms with Gasteiger partial charge in [0.25, 0.3) is 11.8 Å². The van der Waals surface area contributed by atoms with Crippen LogP contribution in [0.4, 0.5) is 0 Å². The Balaban J connectivity index is 1.54. The second-order valence-corrected chi connectivity index (χ2v) is 11.9. The molecular weight excluding hydrogens is 602 g/mol. The number of ether oxygens (including phenoxy) is 4. The van der Waals surface area contributed by atoms with Crippen molar-refractivity contribution >= 4 is 35.3 Å². The van der Waals surface area contributed by atoms with Crippen molar-refractivity contribution in [2.75, 3.05) is 53.1 Å². The van der Waals surface area contributed by atoms with Crippen LogP contribution in [0.15, 0.2) is 42.5 Å². The Bertz CT molecular complexity index is 1350. The Morgan fingerprint density at radius 3 is 2.64 bits per heavy atom. The summed E-state index contributed by atoms with van der Waals surface area (Å²) in [6, 6.07) is 12.1. The zero-order valence-corrected chi connectivity index (χ0v) is 26.7. The molecule has 1 aliphatic heterocycles. The summed E-state index contributed by atoms with van der Waals surface area (Å²) >= 11 is 6.02. The maximum atomic E-state index is 13.5. The molecule has 1 heterocycles. The molecule has 1 saturated carbocycles. The normalized spacial score (nSPS) is 20.0. The Morgan fingerprint density at radius 1 is 1.09 bits per heavy atom. The summed E-state index contributed by atoms with van der Waals surface area (Å²) in [7, 11) is 1.51. The molecule has 2 bridgehead atoms. The number of methoxy groups -OCH3 is 1. The molecule has 11 nitrogen and oxygen atoms in total. The number of hydrogen-bond donors (Lipinski definition) is 2. The van der Waals surface area contributed by atoms with E-state index in [0.29, 0.717) is 47.5 Å². The van der Waals surface area contributed by atoms with Gasteiger partial charge in [-0.25, -0.2) is 0 Å². The summed E-state index contributed by atoms with van der Waals surface area (Å²) in [6.07, 6.45) is 3.45. The maximum Gasteiger partial charge on any atom is 0.314 e. The second-order valence-electron chi connectivity index (χ2n) is 11.5. The molecule has 45 heavy (non-hydrogen) atoms. The van der Waals surface area contributed by atoms with Crippen LogP contribution in [0.2, 0.25) is 5.02 Å². The average Bonchev–Trinajstić information content (AvgIpc) is 3.84. The van der Waals surface area contributed by atoms with E-state index in [1.54, 1.807) is 48.2 Å². The van der Waals surface area contributed by atoms with Gasteiger partial charge in [-0.3, -0.25) is 19.2 Å². The van der Waals surface area contributed by atoms with Crippen molar-refractivity contribution < 1.29 is 38.1 Å². The van der Waals surface area contributed by atoms with Crippen molar-refractivity contribution in [1.29, 1.82) is 0 Å². The highest BCUT2D eigenvalue weighted by molar-refractivity contribution is 6.30. The van der Waals surface area contributed by atoms with Crippen LogP contribution in [0.1, 0.15) is 44.6 Å². The number of benzene rings is 2. The van der Waals surface area contributed by atoms with E-state index < -0.39 is 5.41 Å². The first-order chi connectivity index (χ1) is 21.7. The lowest BCUT2D eigenvalue weighted by atomic mass is 9.76. The molecule has 1 aliphatic carbocycles. The highest BCUT2D eigenvalue weighted by atomic mass is 35.5. The van der Waals surface area contributed by atoms with E-state index in [9.17, 15) is 19.2 Å². The number of fused-ring (bicyclic) bond motifs is 2. The van der Waals surface area contributed by atoms with Crippen LogP contribution in [0, 0.1) is 11.3 Å². The molecule has 2 aliphatic rings. The van der Waals surface area contributed by atoms with E-state index >= 15 is 0 Å². The van der Waals surface area contributed by atoms with Crippen molar-refractivity contribution in [3.63, 3.8) is 0 Å². The average molecular weight is 644 g/mol. The van der Waals surface area contributed by atoms with Gasteiger partial charge in [0.2, 0.25) is 5.91 Å². The summed E-state index contributed by atoms with van der Waals surface area (Å²) in [6.45, 7) is 2.24. The van der Waals surface area contributed by atoms with Gasteiger partial charge in [0.1, 0.15) is 5.75 Å². The fourth-order valence-electron chi connectivity index (χ4n) is 5.39. The third-order valence-corrected chi connectivity index (χ3v) is 8.12. The zero-order chi connectivity index (χ0) is 32.2. The van der Waals surface area contributed by atoms with Gasteiger partial charge in [-0.1, -0.05) is 36.6 Å². The monoisotopic (exact) mass is 643 g/mol. The molecule has 0 radical (unpaired) electrons. The first-order valence-electron chi connectivity index (χ1n) is 15.4. The van der Waals surface area contributed by atoms with E-state index in [1.807, 2.05) is 6.07 Å². The predicted octanol–water partition coefficient (Wildman–Crippen LogP) is 3.55. The van der Waals surface area contributed by atoms with Crippen LogP contribution >= 0.6 is 11.6 Å². The summed E-state index contributed by atoms with van der Waals surface area (Å²) in [4.78, 5) is 53.9. The Hall–Kier alpha value is -3.99. The molecule has 0 saturated heterocycles. The SMILES string of the molecule is CCOC(=O)C1(CC2CC2)CNC(=O)CCCN(C(=O)COc2cccc(Cl)c2)CCNC(=O)COc2cc(ccc2OC)C1. The molecule has 4 rings (SSSR count). The maximum absolute atomic E-state index is 13.5. The van der Waals surface area contributed by atoms with Crippen LogP contribution in [0.5, 0.6) is 17.2 Å². The molecule has 12 heteroatoms. The van der Waals surface area contributed by atoms with Crippen LogP contribution in [-0.4, -0.2) is 81.7 Å².